The number of hydrogen-bond acceptors (Lipinski definition) is 3. The van der Waals surface area contributed by atoms with Gasteiger partial charge >= 0.3 is 0 Å². The highest BCUT2D eigenvalue weighted by molar-refractivity contribution is 6.00. The van der Waals surface area contributed by atoms with E-state index in [2.05, 4.69) is 60.8 Å². The molecule has 3 aromatic heterocycles. The highest BCUT2D eigenvalue weighted by Crippen LogP contribution is 2.29. The summed E-state index contributed by atoms with van der Waals surface area (Å²) in [6, 6.07) is 13.3. The number of imidazole rings is 1. The summed E-state index contributed by atoms with van der Waals surface area (Å²) in [6.45, 7) is 3.25. The van der Waals surface area contributed by atoms with Crippen LogP contribution in [0.15, 0.2) is 55.1 Å². The van der Waals surface area contributed by atoms with E-state index in [4.69, 9.17) is 0 Å². The molecule has 1 N–H and O–H groups in total. The Kier molecular flexibility index (Phi) is 3.52. The predicted molar refractivity (Wildman–Crippen MR) is 99.4 cm³/mol. The van der Waals surface area contributed by atoms with Gasteiger partial charge in [0.05, 0.1) is 18.0 Å². The second-order valence-corrected chi connectivity index (χ2v) is 6.90. The van der Waals surface area contributed by atoms with E-state index < -0.39 is 0 Å². The fourth-order valence-electron chi connectivity index (χ4n) is 4.05. The lowest BCUT2D eigenvalue weighted by atomic mass is 10.0. The van der Waals surface area contributed by atoms with Crippen molar-refractivity contribution in [3.05, 3.63) is 60.7 Å². The molecule has 4 aromatic rings. The van der Waals surface area contributed by atoms with E-state index in [9.17, 15) is 0 Å². The van der Waals surface area contributed by atoms with Crippen molar-refractivity contribution in [3.63, 3.8) is 0 Å². The molecule has 0 aliphatic carbocycles. The molecule has 0 spiro atoms. The van der Waals surface area contributed by atoms with Gasteiger partial charge in [0.15, 0.2) is 0 Å². The highest BCUT2D eigenvalue weighted by atomic mass is 15.2. The van der Waals surface area contributed by atoms with Crippen LogP contribution >= 0.6 is 0 Å². The Labute approximate surface area is 146 Å². The Morgan fingerprint density at radius 2 is 2.04 bits per heavy atom. The van der Waals surface area contributed by atoms with Gasteiger partial charge in [0.2, 0.25) is 0 Å². The molecule has 5 heteroatoms. The topological polar surface area (TPSA) is 49.7 Å². The van der Waals surface area contributed by atoms with Gasteiger partial charge in [-0.2, -0.15) is 0 Å². The first-order chi connectivity index (χ1) is 12.4. The van der Waals surface area contributed by atoms with Crippen LogP contribution < -0.4 is 0 Å². The minimum atomic E-state index is 0.461. The van der Waals surface area contributed by atoms with Crippen LogP contribution in [0, 0.1) is 0 Å². The summed E-state index contributed by atoms with van der Waals surface area (Å²) >= 11 is 0. The fraction of sp³-hybridized carbons (Fsp3) is 0.300. The Morgan fingerprint density at radius 1 is 1.12 bits per heavy atom. The van der Waals surface area contributed by atoms with Crippen molar-refractivity contribution in [2.45, 2.75) is 25.4 Å². The first kappa shape index (κ1) is 14.7. The van der Waals surface area contributed by atoms with E-state index >= 15 is 0 Å². The number of pyridine rings is 1. The zero-order valence-electron chi connectivity index (χ0n) is 14.1. The third-order valence-electron chi connectivity index (χ3n) is 5.24. The lowest BCUT2D eigenvalue weighted by Gasteiger charge is -2.33. The average molecular weight is 331 g/mol. The molecule has 0 bridgehead atoms. The van der Waals surface area contributed by atoms with Gasteiger partial charge in [-0.25, -0.2) is 9.97 Å². The Bertz CT molecular complexity index is 1000. The van der Waals surface area contributed by atoms with Crippen molar-refractivity contribution >= 4 is 22.1 Å². The van der Waals surface area contributed by atoms with Crippen molar-refractivity contribution < 1.29 is 0 Å². The van der Waals surface area contributed by atoms with E-state index in [0.717, 1.165) is 29.6 Å². The maximum Gasteiger partial charge on any atom is 0.139 e. The molecule has 5 nitrogen and oxygen atoms in total. The van der Waals surface area contributed by atoms with Crippen molar-refractivity contribution in [3.8, 4) is 0 Å². The first-order valence-electron chi connectivity index (χ1n) is 8.93. The third kappa shape index (κ3) is 2.61. The minimum Gasteiger partial charge on any atom is -0.346 e. The number of benzene rings is 1. The molecule has 1 atom stereocenters. The summed E-state index contributed by atoms with van der Waals surface area (Å²) in [5, 5.41) is 1.16. The van der Waals surface area contributed by atoms with E-state index in [0.29, 0.717) is 6.04 Å². The van der Waals surface area contributed by atoms with Gasteiger partial charge in [0, 0.05) is 30.7 Å². The maximum atomic E-state index is 4.60. The predicted octanol–water partition coefficient (Wildman–Crippen LogP) is 3.75. The minimum absolute atomic E-state index is 0.461. The summed E-state index contributed by atoms with van der Waals surface area (Å²) < 4.78 is 2.37. The van der Waals surface area contributed by atoms with E-state index in [1.807, 2.05) is 18.7 Å². The van der Waals surface area contributed by atoms with Gasteiger partial charge in [0.1, 0.15) is 11.2 Å². The van der Waals surface area contributed by atoms with Crippen molar-refractivity contribution in [1.82, 2.24) is 24.4 Å². The number of hydrogen-bond donors (Lipinski definition) is 1. The van der Waals surface area contributed by atoms with Gasteiger partial charge < -0.3 is 9.55 Å². The van der Waals surface area contributed by atoms with E-state index in [-0.39, 0.29) is 0 Å². The molecule has 1 saturated heterocycles. The monoisotopic (exact) mass is 331 g/mol. The average Bonchev–Trinajstić information content (AvgIpc) is 3.29. The molecule has 5 rings (SSSR count). The molecule has 0 unspecified atom stereocenters. The Balaban J connectivity index is 1.46. The summed E-state index contributed by atoms with van der Waals surface area (Å²) in [6.07, 6.45) is 8.24. The summed E-state index contributed by atoms with van der Waals surface area (Å²) in [5.41, 5.74) is 4.51. The van der Waals surface area contributed by atoms with Crippen molar-refractivity contribution in [2.24, 2.45) is 0 Å². The normalized spacial score (nSPS) is 19.0. The number of H-pyrrole nitrogens is 1. The van der Waals surface area contributed by atoms with E-state index in [1.54, 1.807) is 0 Å². The molecular weight excluding hydrogens is 310 g/mol. The molecule has 25 heavy (non-hydrogen) atoms. The number of piperidine rings is 1. The molecular formula is C20H21N5. The number of likely N-dealkylation sites (tertiary alicyclic amines) is 1. The zero-order chi connectivity index (χ0) is 16.6. The van der Waals surface area contributed by atoms with Gasteiger partial charge in [-0.1, -0.05) is 30.3 Å². The fourth-order valence-corrected chi connectivity index (χ4v) is 4.05. The number of aromatic nitrogens is 4. The number of nitrogens with zero attached hydrogens (tertiary/aromatic N) is 4. The van der Waals surface area contributed by atoms with Crippen LogP contribution in [0.4, 0.5) is 0 Å². The third-order valence-corrected chi connectivity index (χ3v) is 5.24. The second kappa shape index (κ2) is 6.01. The number of fused-ring (bicyclic) bond motifs is 3. The highest BCUT2D eigenvalue weighted by Gasteiger charge is 2.23. The van der Waals surface area contributed by atoms with Gasteiger partial charge in [0.25, 0.3) is 0 Å². The maximum absolute atomic E-state index is 4.60. The summed E-state index contributed by atoms with van der Waals surface area (Å²) in [5.74, 6) is 0. The number of nitrogens with one attached hydrogen (secondary N) is 1. The molecule has 0 amide bonds. The van der Waals surface area contributed by atoms with Crippen LogP contribution in [0.2, 0.25) is 0 Å². The lowest BCUT2D eigenvalue weighted by molar-refractivity contribution is 0.172. The van der Waals surface area contributed by atoms with Gasteiger partial charge in [-0.3, -0.25) is 4.90 Å². The summed E-state index contributed by atoms with van der Waals surface area (Å²) in [7, 11) is 0. The van der Waals surface area contributed by atoms with Gasteiger partial charge in [-0.15, -0.1) is 0 Å². The van der Waals surface area contributed by atoms with Crippen LogP contribution in [0.5, 0.6) is 0 Å². The van der Waals surface area contributed by atoms with Crippen LogP contribution in [0.3, 0.4) is 0 Å². The summed E-state index contributed by atoms with van der Waals surface area (Å²) in [4.78, 5) is 14.8. The second-order valence-electron chi connectivity index (χ2n) is 6.90. The van der Waals surface area contributed by atoms with Crippen molar-refractivity contribution in [2.75, 3.05) is 13.1 Å². The standard InChI is InChI=1S/C20H21N5/c1-2-5-15(6-3-1)12-24-10-4-7-16(13-24)25-14-23-18-11-22-20-17(19(18)25)8-9-21-20/h1-3,5-6,8-9,11,14,16H,4,7,10,12-13H2,(H,21,22)/t16-/m1/s1. The van der Waals surface area contributed by atoms with Crippen molar-refractivity contribution in [1.29, 1.82) is 0 Å². The molecule has 1 fully saturated rings. The molecule has 1 aliphatic rings. The molecule has 0 saturated carbocycles. The van der Waals surface area contributed by atoms with Crippen LogP contribution in [-0.4, -0.2) is 37.5 Å². The number of aromatic amines is 1. The number of rotatable bonds is 3. The largest absolute Gasteiger partial charge is 0.346 e. The molecule has 1 aliphatic heterocycles. The SMILES string of the molecule is c1ccc(CN2CCC[C@@H](n3cnc4cnc5[nH]ccc5c43)C2)cc1. The quantitative estimate of drug-likeness (QED) is 0.622. The Hall–Kier alpha value is -2.66. The molecule has 4 heterocycles. The lowest BCUT2D eigenvalue weighted by Crippen LogP contribution is -2.35. The zero-order valence-corrected chi connectivity index (χ0v) is 14.1. The van der Waals surface area contributed by atoms with Crippen LogP contribution in [0.25, 0.3) is 22.1 Å². The van der Waals surface area contributed by atoms with Crippen LogP contribution in [0.1, 0.15) is 24.4 Å². The first-order valence-corrected chi connectivity index (χ1v) is 8.93. The van der Waals surface area contributed by atoms with Gasteiger partial charge in [-0.05, 0) is 31.0 Å². The molecule has 0 radical (unpaired) electrons. The molecule has 126 valence electrons. The van der Waals surface area contributed by atoms with E-state index in [1.165, 1.54) is 30.5 Å². The van der Waals surface area contributed by atoms with Crippen LogP contribution in [-0.2, 0) is 6.54 Å². The Morgan fingerprint density at radius 3 is 2.96 bits per heavy atom. The smallest absolute Gasteiger partial charge is 0.139 e. The molecule has 1 aromatic carbocycles.